The highest BCUT2D eigenvalue weighted by atomic mass is 16.3. The molecule has 17 heavy (non-hydrogen) atoms. The Balaban J connectivity index is 2.10. The molecule has 6 heteroatoms. The van der Waals surface area contributed by atoms with Gasteiger partial charge in [0.15, 0.2) is 0 Å². The van der Waals surface area contributed by atoms with Crippen LogP contribution in [0.25, 0.3) is 0 Å². The number of likely N-dealkylation sites (N-methyl/N-ethyl adjacent to an activating group) is 1. The van der Waals surface area contributed by atoms with E-state index in [0.717, 1.165) is 24.3 Å². The maximum Gasteiger partial charge on any atom is 0.225 e. The molecule has 0 spiro atoms. The maximum atomic E-state index is 10.2. The van der Waals surface area contributed by atoms with Gasteiger partial charge in [-0.2, -0.15) is 0 Å². The topological polar surface area (TPSA) is 61.2 Å². The average molecular weight is 233 g/mol. The fraction of sp³-hybridized carbons (Fsp3) is 0.455. The fourth-order valence-electron chi connectivity index (χ4n) is 1.85. The number of aromatic nitrogens is 1. The van der Waals surface area contributed by atoms with Gasteiger partial charge in [-0.3, -0.25) is 4.98 Å². The predicted molar refractivity (Wildman–Crippen MR) is 65.2 cm³/mol. The quantitative estimate of drug-likeness (QED) is 0.581. The molecule has 1 aromatic heterocycles. The molecule has 0 saturated carbocycles. The molecule has 0 unspecified atom stereocenters. The number of pyridine rings is 1. The summed E-state index contributed by atoms with van der Waals surface area (Å²) in [6.45, 7) is 4.36. The van der Waals surface area contributed by atoms with Gasteiger partial charge in [-0.05, 0) is 18.6 Å². The summed E-state index contributed by atoms with van der Waals surface area (Å²) in [6.07, 6.45) is 1.85. The molecule has 1 aromatic rings. The lowest BCUT2D eigenvalue weighted by Crippen LogP contribution is -2.30. The van der Waals surface area contributed by atoms with Gasteiger partial charge in [0.05, 0.1) is 5.29 Å². The van der Waals surface area contributed by atoms with Crippen LogP contribution in [0.5, 0.6) is 0 Å². The summed E-state index contributed by atoms with van der Waals surface area (Å²) in [6, 6.07) is 4.01. The SMILES string of the molecule is Cc1ccc(CN2CCN(C)/C2=N\N=O)cn1. The Morgan fingerprint density at radius 2 is 2.24 bits per heavy atom. The van der Waals surface area contributed by atoms with E-state index < -0.39 is 0 Å². The number of guanidine groups is 1. The molecule has 0 amide bonds. The zero-order valence-electron chi connectivity index (χ0n) is 10.00. The van der Waals surface area contributed by atoms with E-state index in [4.69, 9.17) is 0 Å². The minimum atomic E-state index is 0.626. The lowest BCUT2D eigenvalue weighted by Gasteiger charge is -2.18. The van der Waals surface area contributed by atoms with Gasteiger partial charge in [0.25, 0.3) is 0 Å². The Kier molecular flexibility index (Phi) is 3.32. The van der Waals surface area contributed by atoms with Crippen LogP contribution < -0.4 is 0 Å². The highest BCUT2D eigenvalue weighted by Crippen LogP contribution is 2.12. The fourth-order valence-corrected chi connectivity index (χ4v) is 1.85. The standard InChI is InChI=1S/C11H15N5O/c1-9-3-4-10(7-12-9)8-16-6-5-15(2)11(16)13-14-17/h3-4,7H,5-6,8H2,1-2H3/b13-11+. The Hall–Kier alpha value is -1.98. The van der Waals surface area contributed by atoms with Crippen LogP contribution >= 0.6 is 0 Å². The van der Waals surface area contributed by atoms with Crippen LogP contribution in [0.2, 0.25) is 0 Å². The molecule has 0 radical (unpaired) electrons. The second-order valence-electron chi connectivity index (χ2n) is 4.13. The average Bonchev–Trinajstić information content (AvgIpc) is 2.65. The molecule has 0 N–H and O–H groups in total. The summed E-state index contributed by atoms with van der Waals surface area (Å²) < 4.78 is 0. The third-order valence-electron chi connectivity index (χ3n) is 2.81. The van der Waals surface area contributed by atoms with Gasteiger partial charge in [0.2, 0.25) is 5.96 Å². The van der Waals surface area contributed by atoms with E-state index in [2.05, 4.69) is 15.4 Å². The van der Waals surface area contributed by atoms with Crippen LogP contribution in [0.3, 0.4) is 0 Å². The van der Waals surface area contributed by atoms with Crippen LogP contribution in [0.4, 0.5) is 0 Å². The van der Waals surface area contributed by atoms with Crippen molar-refractivity contribution < 1.29 is 0 Å². The second kappa shape index (κ2) is 4.90. The zero-order valence-corrected chi connectivity index (χ0v) is 10.00. The third-order valence-corrected chi connectivity index (χ3v) is 2.81. The molecular weight excluding hydrogens is 218 g/mol. The number of rotatable bonds is 3. The highest BCUT2D eigenvalue weighted by Gasteiger charge is 2.23. The van der Waals surface area contributed by atoms with Crippen molar-refractivity contribution >= 4 is 5.96 Å². The van der Waals surface area contributed by atoms with E-state index >= 15 is 0 Å². The normalized spacial score (nSPS) is 17.9. The van der Waals surface area contributed by atoms with E-state index in [1.807, 2.05) is 42.1 Å². The van der Waals surface area contributed by atoms with Crippen molar-refractivity contribution in [1.82, 2.24) is 14.8 Å². The first kappa shape index (κ1) is 11.5. The van der Waals surface area contributed by atoms with Crippen LogP contribution in [0, 0.1) is 11.8 Å². The molecule has 2 heterocycles. The molecule has 1 saturated heterocycles. The van der Waals surface area contributed by atoms with Crippen molar-refractivity contribution in [3.05, 3.63) is 34.5 Å². The third kappa shape index (κ3) is 2.58. The van der Waals surface area contributed by atoms with Crippen LogP contribution in [0.15, 0.2) is 28.7 Å². The Bertz CT molecular complexity index is 428. The second-order valence-corrected chi connectivity index (χ2v) is 4.13. The molecular formula is C11H15N5O. The van der Waals surface area contributed by atoms with Gasteiger partial charge >= 0.3 is 0 Å². The van der Waals surface area contributed by atoms with Crippen LogP contribution in [-0.4, -0.2) is 40.9 Å². The molecule has 0 aliphatic carbocycles. The summed E-state index contributed by atoms with van der Waals surface area (Å²) in [5, 5.41) is 6.23. The van der Waals surface area contributed by atoms with Gasteiger partial charge in [0.1, 0.15) is 0 Å². The number of nitroso groups, excluding NO2 is 1. The summed E-state index contributed by atoms with van der Waals surface area (Å²) in [5.41, 5.74) is 2.10. The van der Waals surface area contributed by atoms with Crippen molar-refractivity contribution in [1.29, 1.82) is 0 Å². The van der Waals surface area contributed by atoms with Crippen molar-refractivity contribution in [2.24, 2.45) is 10.4 Å². The minimum Gasteiger partial charge on any atom is -0.342 e. The molecule has 0 atom stereocenters. The Morgan fingerprint density at radius 1 is 1.41 bits per heavy atom. The smallest absolute Gasteiger partial charge is 0.225 e. The Labute approximate surface area is 99.9 Å². The van der Waals surface area contributed by atoms with Crippen molar-refractivity contribution in [3.63, 3.8) is 0 Å². The number of hydrogen-bond donors (Lipinski definition) is 0. The number of aryl methyl sites for hydroxylation is 1. The van der Waals surface area contributed by atoms with E-state index in [1.165, 1.54) is 0 Å². The minimum absolute atomic E-state index is 0.626. The van der Waals surface area contributed by atoms with Gasteiger partial charge in [0, 0.05) is 38.6 Å². The van der Waals surface area contributed by atoms with E-state index in [-0.39, 0.29) is 0 Å². The largest absolute Gasteiger partial charge is 0.342 e. The molecule has 6 nitrogen and oxygen atoms in total. The van der Waals surface area contributed by atoms with Crippen molar-refractivity contribution in [2.75, 3.05) is 20.1 Å². The highest BCUT2D eigenvalue weighted by molar-refractivity contribution is 5.81. The molecule has 1 fully saturated rings. The first-order valence-electron chi connectivity index (χ1n) is 5.48. The van der Waals surface area contributed by atoms with E-state index in [1.54, 1.807) is 0 Å². The van der Waals surface area contributed by atoms with E-state index in [0.29, 0.717) is 12.5 Å². The monoisotopic (exact) mass is 233 g/mol. The first-order chi connectivity index (χ1) is 8.20. The van der Waals surface area contributed by atoms with Gasteiger partial charge < -0.3 is 9.80 Å². The van der Waals surface area contributed by atoms with Gasteiger partial charge in [-0.25, -0.2) is 0 Å². The number of nitrogens with zero attached hydrogens (tertiary/aromatic N) is 5. The van der Waals surface area contributed by atoms with Crippen LogP contribution in [-0.2, 0) is 6.54 Å². The summed E-state index contributed by atoms with van der Waals surface area (Å²) in [7, 11) is 1.90. The maximum absolute atomic E-state index is 10.2. The van der Waals surface area contributed by atoms with Gasteiger partial charge in [-0.1, -0.05) is 11.2 Å². The first-order valence-corrected chi connectivity index (χ1v) is 5.48. The predicted octanol–water partition coefficient (Wildman–Crippen LogP) is 1.17. The lowest BCUT2D eigenvalue weighted by molar-refractivity contribution is 0.455. The summed E-state index contributed by atoms with van der Waals surface area (Å²) in [5.74, 6) is 0.626. The molecule has 0 bridgehead atoms. The molecule has 0 aromatic carbocycles. The van der Waals surface area contributed by atoms with Crippen LogP contribution in [0.1, 0.15) is 11.3 Å². The number of hydrogen-bond acceptors (Lipinski definition) is 3. The van der Waals surface area contributed by atoms with Crippen molar-refractivity contribution in [3.8, 4) is 0 Å². The van der Waals surface area contributed by atoms with Crippen molar-refractivity contribution in [2.45, 2.75) is 13.5 Å². The van der Waals surface area contributed by atoms with E-state index in [9.17, 15) is 4.91 Å². The summed E-state index contributed by atoms with van der Waals surface area (Å²) >= 11 is 0. The molecule has 1 aliphatic rings. The lowest BCUT2D eigenvalue weighted by atomic mass is 10.2. The van der Waals surface area contributed by atoms with Gasteiger partial charge in [-0.15, -0.1) is 4.91 Å². The Morgan fingerprint density at radius 3 is 2.88 bits per heavy atom. The molecule has 1 aliphatic heterocycles. The zero-order chi connectivity index (χ0) is 12.3. The molecule has 90 valence electrons. The summed E-state index contributed by atoms with van der Waals surface area (Å²) in [4.78, 5) is 18.4. The molecule has 2 rings (SSSR count).